The Morgan fingerprint density at radius 2 is 1.72 bits per heavy atom. The number of halogens is 2. The van der Waals surface area contributed by atoms with E-state index in [1.54, 1.807) is 12.1 Å². The van der Waals surface area contributed by atoms with E-state index in [0.29, 0.717) is 36.9 Å². The van der Waals surface area contributed by atoms with E-state index < -0.39 is 0 Å². The van der Waals surface area contributed by atoms with Crippen LogP contribution >= 0.6 is 23.4 Å². The molecular weight excluding hydrogens is 359 g/mol. The van der Waals surface area contributed by atoms with Crippen LogP contribution in [-0.4, -0.2) is 42.2 Å². The molecule has 1 saturated heterocycles. The molecule has 0 radical (unpaired) electrons. The van der Waals surface area contributed by atoms with Gasteiger partial charge in [-0.05, 0) is 43.3 Å². The average Bonchev–Trinajstić information content (AvgIpc) is 2.63. The van der Waals surface area contributed by atoms with Crippen LogP contribution < -0.4 is 4.90 Å². The minimum Gasteiger partial charge on any atom is -0.366 e. The second kappa shape index (κ2) is 8.11. The maximum Gasteiger partial charge on any atom is 0.235 e. The Bertz CT molecular complexity index is 732. The number of piperazine rings is 1. The van der Waals surface area contributed by atoms with Gasteiger partial charge in [-0.1, -0.05) is 23.7 Å². The fourth-order valence-corrected chi connectivity index (χ4v) is 3.98. The van der Waals surface area contributed by atoms with Crippen LogP contribution in [0.2, 0.25) is 5.02 Å². The van der Waals surface area contributed by atoms with Gasteiger partial charge in [0.2, 0.25) is 5.91 Å². The summed E-state index contributed by atoms with van der Waals surface area (Å²) in [7, 11) is 0. The molecule has 1 amide bonds. The summed E-state index contributed by atoms with van der Waals surface area (Å²) in [5.41, 5.74) is 0.609. The fraction of sp³-hybridized carbons (Fsp3) is 0.316. The van der Waals surface area contributed by atoms with Gasteiger partial charge in [0.1, 0.15) is 5.82 Å². The minimum atomic E-state index is -0.214. The predicted octanol–water partition coefficient (Wildman–Crippen LogP) is 4.31. The Labute approximate surface area is 156 Å². The van der Waals surface area contributed by atoms with E-state index in [4.69, 9.17) is 11.6 Å². The third-order valence-corrected chi connectivity index (χ3v) is 5.61. The SMILES string of the molecule is C[C@H](Sc1ccc(Cl)cc1)C(=O)N1CCN(c2ccccc2F)CC1. The second-order valence-electron chi connectivity index (χ2n) is 5.98. The van der Waals surface area contributed by atoms with Crippen molar-refractivity contribution in [3.8, 4) is 0 Å². The zero-order valence-electron chi connectivity index (χ0n) is 14.0. The van der Waals surface area contributed by atoms with E-state index in [0.717, 1.165) is 4.90 Å². The summed E-state index contributed by atoms with van der Waals surface area (Å²) in [4.78, 5) is 17.6. The minimum absolute atomic E-state index is 0.119. The van der Waals surface area contributed by atoms with Crippen LogP contribution in [0.15, 0.2) is 53.4 Å². The van der Waals surface area contributed by atoms with Crippen molar-refractivity contribution in [2.45, 2.75) is 17.1 Å². The number of thioether (sulfide) groups is 1. The molecule has 2 aromatic rings. The number of para-hydroxylation sites is 1. The molecule has 0 spiro atoms. The molecular formula is C19H20ClFN2OS. The van der Waals surface area contributed by atoms with Crippen molar-refractivity contribution in [2.24, 2.45) is 0 Å². The molecule has 132 valence electrons. The topological polar surface area (TPSA) is 23.6 Å². The van der Waals surface area contributed by atoms with E-state index in [1.807, 2.05) is 47.1 Å². The van der Waals surface area contributed by atoms with Crippen molar-refractivity contribution in [3.05, 3.63) is 59.4 Å². The van der Waals surface area contributed by atoms with Crippen molar-refractivity contribution in [3.63, 3.8) is 0 Å². The van der Waals surface area contributed by atoms with E-state index in [9.17, 15) is 9.18 Å². The van der Waals surface area contributed by atoms with Gasteiger partial charge in [-0.15, -0.1) is 11.8 Å². The van der Waals surface area contributed by atoms with Gasteiger partial charge in [0.05, 0.1) is 10.9 Å². The highest BCUT2D eigenvalue weighted by molar-refractivity contribution is 8.00. The average molecular weight is 379 g/mol. The molecule has 2 aromatic carbocycles. The lowest BCUT2D eigenvalue weighted by Gasteiger charge is -2.37. The molecule has 0 aromatic heterocycles. The molecule has 3 rings (SSSR count). The van der Waals surface area contributed by atoms with Crippen molar-refractivity contribution in [2.75, 3.05) is 31.1 Å². The quantitative estimate of drug-likeness (QED) is 0.741. The number of hydrogen-bond donors (Lipinski definition) is 0. The molecule has 0 N–H and O–H groups in total. The highest BCUT2D eigenvalue weighted by Gasteiger charge is 2.26. The maximum absolute atomic E-state index is 13.9. The van der Waals surface area contributed by atoms with Crippen LogP contribution in [-0.2, 0) is 4.79 Å². The third kappa shape index (κ3) is 4.47. The normalized spacial score (nSPS) is 16.0. The van der Waals surface area contributed by atoms with E-state index in [1.165, 1.54) is 17.8 Å². The lowest BCUT2D eigenvalue weighted by molar-refractivity contribution is -0.130. The first-order valence-electron chi connectivity index (χ1n) is 8.25. The molecule has 25 heavy (non-hydrogen) atoms. The third-order valence-electron chi connectivity index (χ3n) is 4.26. The van der Waals surface area contributed by atoms with Crippen LogP contribution in [0.5, 0.6) is 0 Å². The van der Waals surface area contributed by atoms with Crippen molar-refractivity contribution < 1.29 is 9.18 Å². The van der Waals surface area contributed by atoms with Gasteiger partial charge in [-0.3, -0.25) is 4.79 Å². The second-order valence-corrected chi connectivity index (χ2v) is 7.83. The number of carbonyl (C=O) groups is 1. The Morgan fingerprint density at radius 1 is 1.08 bits per heavy atom. The Morgan fingerprint density at radius 3 is 2.36 bits per heavy atom. The summed E-state index contributed by atoms with van der Waals surface area (Å²) < 4.78 is 13.9. The highest BCUT2D eigenvalue weighted by atomic mass is 35.5. The molecule has 1 aliphatic heterocycles. The summed E-state index contributed by atoms with van der Waals surface area (Å²) in [5, 5.41) is 0.522. The summed E-state index contributed by atoms with van der Waals surface area (Å²) in [6, 6.07) is 14.3. The summed E-state index contributed by atoms with van der Waals surface area (Å²) in [5.74, 6) is -0.0953. The smallest absolute Gasteiger partial charge is 0.235 e. The molecule has 1 atom stereocenters. The molecule has 1 fully saturated rings. The first-order valence-corrected chi connectivity index (χ1v) is 9.51. The molecule has 1 aliphatic rings. The van der Waals surface area contributed by atoms with Crippen LogP contribution in [0.25, 0.3) is 0 Å². The number of nitrogens with zero attached hydrogens (tertiary/aromatic N) is 2. The maximum atomic E-state index is 13.9. The molecule has 0 saturated carbocycles. The Balaban J connectivity index is 1.56. The van der Waals surface area contributed by atoms with E-state index >= 15 is 0 Å². The number of carbonyl (C=O) groups excluding carboxylic acids is 1. The number of anilines is 1. The predicted molar refractivity (Wildman–Crippen MR) is 102 cm³/mol. The number of hydrogen-bond acceptors (Lipinski definition) is 3. The fourth-order valence-electron chi connectivity index (χ4n) is 2.90. The van der Waals surface area contributed by atoms with Crippen LogP contribution in [0, 0.1) is 5.82 Å². The zero-order chi connectivity index (χ0) is 17.8. The van der Waals surface area contributed by atoms with Crippen molar-refractivity contribution >= 4 is 35.0 Å². The number of rotatable bonds is 4. The number of benzene rings is 2. The molecule has 3 nitrogen and oxygen atoms in total. The van der Waals surface area contributed by atoms with Crippen molar-refractivity contribution in [1.29, 1.82) is 0 Å². The van der Waals surface area contributed by atoms with Crippen LogP contribution in [0.1, 0.15) is 6.92 Å². The molecule has 0 bridgehead atoms. The van der Waals surface area contributed by atoms with Crippen LogP contribution in [0.4, 0.5) is 10.1 Å². The Kier molecular flexibility index (Phi) is 5.86. The first-order chi connectivity index (χ1) is 12.0. The summed E-state index contributed by atoms with van der Waals surface area (Å²) >= 11 is 7.42. The van der Waals surface area contributed by atoms with Crippen molar-refractivity contribution in [1.82, 2.24) is 4.90 Å². The monoisotopic (exact) mass is 378 g/mol. The standard InChI is InChI=1S/C19H20ClFN2OS/c1-14(25-16-8-6-15(20)7-9-16)19(24)23-12-10-22(11-13-23)18-5-3-2-4-17(18)21/h2-9,14H,10-13H2,1H3/t14-/m0/s1. The first kappa shape index (κ1) is 18.1. The van der Waals surface area contributed by atoms with E-state index in [2.05, 4.69) is 0 Å². The van der Waals surface area contributed by atoms with Gasteiger partial charge in [0, 0.05) is 36.1 Å². The lowest BCUT2D eigenvalue weighted by atomic mass is 10.2. The van der Waals surface area contributed by atoms with Crippen LogP contribution in [0.3, 0.4) is 0 Å². The molecule has 6 heteroatoms. The van der Waals surface area contributed by atoms with Gasteiger partial charge < -0.3 is 9.80 Å². The van der Waals surface area contributed by atoms with Gasteiger partial charge in [0.25, 0.3) is 0 Å². The lowest BCUT2D eigenvalue weighted by Crippen LogP contribution is -2.50. The molecule has 0 aliphatic carbocycles. The molecule has 0 unspecified atom stereocenters. The summed E-state index contributed by atoms with van der Waals surface area (Å²) in [6.07, 6.45) is 0. The largest absolute Gasteiger partial charge is 0.366 e. The van der Waals surface area contributed by atoms with Gasteiger partial charge in [-0.25, -0.2) is 4.39 Å². The number of amides is 1. The van der Waals surface area contributed by atoms with Gasteiger partial charge >= 0.3 is 0 Å². The van der Waals surface area contributed by atoms with Gasteiger partial charge in [-0.2, -0.15) is 0 Å². The van der Waals surface area contributed by atoms with Gasteiger partial charge in [0.15, 0.2) is 0 Å². The summed E-state index contributed by atoms with van der Waals surface area (Å²) in [6.45, 7) is 4.43. The zero-order valence-corrected chi connectivity index (χ0v) is 15.6. The Hall–Kier alpha value is -1.72. The highest BCUT2D eigenvalue weighted by Crippen LogP contribution is 2.27. The van der Waals surface area contributed by atoms with E-state index in [-0.39, 0.29) is 17.0 Å². The molecule has 1 heterocycles.